The van der Waals surface area contributed by atoms with Gasteiger partial charge in [-0.2, -0.15) is 0 Å². The summed E-state index contributed by atoms with van der Waals surface area (Å²) >= 11 is 0. The highest BCUT2D eigenvalue weighted by Gasteiger charge is 2.41. The van der Waals surface area contributed by atoms with E-state index >= 15 is 0 Å². The van der Waals surface area contributed by atoms with Crippen LogP contribution in [0.15, 0.2) is 34.3 Å². The van der Waals surface area contributed by atoms with E-state index < -0.39 is 48.5 Å². The van der Waals surface area contributed by atoms with Crippen molar-refractivity contribution < 1.29 is 79.5 Å². The summed E-state index contributed by atoms with van der Waals surface area (Å²) in [6, 6.07) is 5.20. The van der Waals surface area contributed by atoms with E-state index in [0.29, 0.717) is 19.4 Å². The Morgan fingerprint density at radius 3 is 1.41 bits per heavy atom. The fourth-order valence-electron chi connectivity index (χ4n) is 5.86. The number of hydrogen-bond acceptors (Lipinski definition) is 16. The second kappa shape index (κ2) is 42.0. The van der Waals surface area contributed by atoms with Gasteiger partial charge in [0.05, 0.1) is 36.9 Å². The molecular formula is C43H77N5O16. The van der Waals surface area contributed by atoms with Crippen LogP contribution in [0.2, 0.25) is 0 Å². The van der Waals surface area contributed by atoms with E-state index in [1.54, 1.807) is 12.2 Å². The maximum atomic E-state index is 10.4. The van der Waals surface area contributed by atoms with Crippen molar-refractivity contribution in [1.29, 1.82) is 0 Å². The molecule has 0 spiro atoms. The third-order valence-electron chi connectivity index (χ3n) is 9.19. The SMILES string of the molecule is CC(CO)(CO)C(=O)O.CC1(C)CC(N=C=O)CC(C)(CN=C=O)C1.CCN(CC)CC.NN.O=C(O)CCCCC(=O)O.O=C(O)c1cccc(C(=O)O)c1.OCCCCCCO. The van der Waals surface area contributed by atoms with Crippen LogP contribution in [-0.2, 0) is 24.0 Å². The third kappa shape index (κ3) is 39.9. The second-order valence-electron chi connectivity index (χ2n) is 15.7. The Balaban J connectivity index is -0.000000221. The normalized spacial score (nSPS) is 15.3. The lowest BCUT2D eigenvalue weighted by molar-refractivity contribution is -0.153. The molecule has 21 heteroatoms. The number of unbranched alkanes of at least 4 members (excludes halogenated alkanes) is 4. The number of aliphatic imine (C=N–C) groups is 2. The van der Waals surface area contributed by atoms with Crippen molar-refractivity contribution in [3.63, 3.8) is 0 Å². The van der Waals surface area contributed by atoms with Gasteiger partial charge < -0.3 is 50.9 Å². The molecule has 2 rings (SSSR count). The summed E-state index contributed by atoms with van der Waals surface area (Å²) in [6.07, 6.45) is 10.7. The summed E-state index contributed by atoms with van der Waals surface area (Å²) in [4.78, 5) is 81.1. The molecule has 1 aliphatic carbocycles. The second-order valence-corrected chi connectivity index (χ2v) is 15.7. The molecule has 1 saturated carbocycles. The monoisotopic (exact) mass is 920 g/mol. The lowest BCUT2D eigenvalue weighted by Crippen LogP contribution is -2.39. The Labute approximate surface area is 376 Å². The van der Waals surface area contributed by atoms with Gasteiger partial charge in [-0.3, -0.25) is 26.1 Å². The van der Waals surface area contributed by atoms with Crippen LogP contribution in [-0.4, -0.2) is 152 Å². The molecule has 0 radical (unpaired) electrons. The first kappa shape index (κ1) is 68.1. The molecule has 370 valence electrons. The van der Waals surface area contributed by atoms with Gasteiger partial charge in [0.25, 0.3) is 0 Å². The number of nitrogens with two attached hydrogens (primary N) is 2. The van der Waals surface area contributed by atoms with Crippen LogP contribution in [0.25, 0.3) is 0 Å². The molecule has 0 bridgehead atoms. The van der Waals surface area contributed by atoms with Gasteiger partial charge in [-0.15, -0.1) is 0 Å². The number of carboxylic acids is 5. The molecule has 1 aromatic carbocycles. The van der Waals surface area contributed by atoms with Gasteiger partial charge in [0.2, 0.25) is 12.2 Å². The van der Waals surface area contributed by atoms with Crippen LogP contribution in [0.4, 0.5) is 0 Å². The Kier molecular flexibility index (Phi) is 44.7. The lowest BCUT2D eigenvalue weighted by Gasteiger charge is -2.44. The predicted octanol–water partition coefficient (Wildman–Crippen LogP) is 3.80. The number of isocyanates is 2. The van der Waals surface area contributed by atoms with Gasteiger partial charge in [-0.25, -0.2) is 29.2 Å². The van der Waals surface area contributed by atoms with Crippen LogP contribution >= 0.6 is 0 Å². The molecule has 0 heterocycles. The number of hydrazine groups is 1. The highest BCUT2D eigenvalue weighted by atomic mass is 16.4. The fourth-order valence-corrected chi connectivity index (χ4v) is 5.86. The molecule has 0 aliphatic heterocycles. The summed E-state index contributed by atoms with van der Waals surface area (Å²) in [5.74, 6) is 2.82. The Hall–Kier alpha value is -4.95. The molecule has 2 unspecified atom stereocenters. The number of aliphatic carboxylic acids is 3. The van der Waals surface area contributed by atoms with E-state index in [1.165, 1.54) is 44.8 Å². The summed E-state index contributed by atoms with van der Waals surface area (Å²) in [7, 11) is 0. The number of carbonyl (C=O) groups is 5. The minimum Gasteiger partial charge on any atom is -0.481 e. The topological polar surface area (TPSA) is 382 Å². The first-order chi connectivity index (χ1) is 30.0. The highest BCUT2D eigenvalue weighted by Crippen LogP contribution is 2.47. The van der Waals surface area contributed by atoms with Gasteiger partial charge in [0, 0.05) is 26.1 Å². The van der Waals surface area contributed by atoms with E-state index in [-0.39, 0.29) is 54.1 Å². The maximum absolute atomic E-state index is 10.4. The molecule has 2 atom stereocenters. The molecule has 13 N–H and O–H groups in total. The van der Waals surface area contributed by atoms with Crippen molar-refractivity contribution in [2.75, 3.05) is 52.6 Å². The van der Waals surface area contributed by atoms with Crippen molar-refractivity contribution in [3.8, 4) is 0 Å². The molecule has 1 aliphatic rings. The summed E-state index contributed by atoms with van der Waals surface area (Å²) in [5, 5.41) is 75.0. The number of rotatable bonds is 21. The number of carboxylic acid groups (broad SMARTS) is 5. The number of aliphatic hydroxyl groups excluding tert-OH is 4. The number of aliphatic hydroxyl groups is 4. The fraction of sp³-hybridized carbons (Fsp3) is 0.698. The Bertz CT molecular complexity index is 1450. The molecule has 21 nitrogen and oxygen atoms in total. The minimum atomic E-state index is -1.39. The lowest BCUT2D eigenvalue weighted by atomic mass is 9.63. The third-order valence-corrected chi connectivity index (χ3v) is 9.19. The van der Waals surface area contributed by atoms with Crippen molar-refractivity contribution in [2.24, 2.45) is 37.9 Å². The van der Waals surface area contributed by atoms with E-state index in [9.17, 15) is 33.6 Å². The van der Waals surface area contributed by atoms with Gasteiger partial charge in [-0.05, 0) is 101 Å². The standard InChI is InChI=1S/C12H18N2O2.C8H6O4.C6H15N.C6H10O4.C6H14O2.C5H10O4.H4N2/c1-11(2)4-10(14-9-16)5-12(3,6-11)7-13-8-15;9-7(10)5-2-1-3-6(4-5)8(11)12;1-4-7(5-2)6-3;7-5(8)3-1-2-4-6(9)10;7-5-3-1-2-4-6-8;1-5(2-6,3-7)4(8)9;1-2/h10H,4-7H2,1-3H3;1-4H,(H,9,10)(H,11,12);4-6H2,1-3H3;1-4H2,(H,7,8)(H,9,10);7-8H,1-6H2;6-7H,2-3H2,1H3,(H,8,9);1-2H2. The zero-order valence-electron chi connectivity index (χ0n) is 38.7. The number of hydrogen-bond donors (Lipinski definition) is 11. The van der Waals surface area contributed by atoms with Crippen LogP contribution < -0.4 is 11.7 Å². The van der Waals surface area contributed by atoms with E-state index in [1.807, 2.05) is 0 Å². The van der Waals surface area contributed by atoms with Gasteiger partial charge in [0.1, 0.15) is 5.41 Å². The molecular weight excluding hydrogens is 842 g/mol. The van der Waals surface area contributed by atoms with Crippen molar-refractivity contribution in [3.05, 3.63) is 35.4 Å². The first-order valence-electron chi connectivity index (χ1n) is 20.8. The quantitative estimate of drug-likeness (QED) is 0.0274. The number of aromatic carboxylic acids is 2. The Morgan fingerprint density at radius 2 is 1.14 bits per heavy atom. The average molecular weight is 920 g/mol. The average Bonchev–Trinajstić information content (AvgIpc) is 3.24. The minimum absolute atomic E-state index is 0.00750. The van der Waals surface area contributed by atoms with Gasteiger partial charge in [-0.1, -0.05) is 60.5 Å². The largest absolute Gasteiger partial charge is 0.481 e. The molecule has 0 saturated heterocycles. The van der Waals surface area contributed by atoms with Crippen molar-refractivity contribution in [2.45, 2.75) is 125 Å². The van der Waals surface area contributed by atoms with E-state index in [4.69, 9.17) is 46.0 Å². The van der Waals surface area contributed by atoms with Crippen LogP contribution in [0.3, 0.4) is 0 Å². The molecule has 0 aromatic heterocycles. The van der Waals surface area contributed by atoms with Gasteiger partial charge in [0.15, 0.2) is 0 Å². The Morgan fingerprint density at radius 1 is 0.719 bits per heavy atom. The zero-order chi connectivity index (χ0) is 50.8. The molecule has 64 heavy (non-hydrogen) atoms. The maximum Gasteiger partial charge on any atom is 0.335 e. The summed E-state index contributed by atoms with van der Waals surface area (Å²) in [5.41, 5.74) is -1.37. The predicted molar refractivity (Wildman–Crippen MR) is 239 cm³/mol. The van der Waals surface area contributed by atoms with Gasteiger partial charge >= 0.3 is 29.8 Å². The van der Waals surface area contributed by atoms with E-state index in [2.05, 4.69) is 68.1 Å². The highest BCUT2D eigenvalue weighted by molar-refractivity contribution is 5.93. The van der Waals surface area contributed by atoms with Crippen LogP contribution in [0, 0.1) is 16.2 Å². The number of carbonyl (C=O) groups excluding carboxylic acids is 2. The van der Waals surface area contributed by atoms with Crippen molar-refractivity contribution >= 4 is 42.0 Å². The smallest absolute Gasteiger partial charge is 0.335 e. The van der Waals surface area contributed by atoms with Crippen LogP contribution in [0.5, 0.6) is 0 Å². The zero-order valence-corrected chi connectivity index (χ0v) is 38.7. The molecule has 1 fully saturated rings. The van der Waals surface area contributed by atoms with E-state index in [0.717, 1.165) is 51.0 Å². The summed E-state index contributed by atoms with van der Waals surface area (Å²) in [6.45, 7) is 17.7. The number of benzene rings is 1. The summed E-state index contributed by atoms with van der Waals surface area (Å²) < 4.78 is 0. The van der Waals surface area contributed by atoms with Crippen LogP contribution in [0.1, 0.15) is 140 Å². The number of nitrogens with zero attached hydrogens (tertiary/aromatic N) is 3. The molecule has 0 amide bonds. The molecule has 1 aromatic rings. The first-order valence-corrected chi connectivity index (χ1v) is 20.8. The van der Waals surface area contributed by atoms with Crippen molar-refractivity contribution in [1.82, 2.24) is 4.90 Å².